The van der Waals surface area contributed by atoms with Gasteiger partial charge >= 0.3 is 0 Å². The van der Waals surface area contributed by atoms with Crippen LogP contribution in [0.15, 0.2) is 29.2 Å². The van der Waals surface area contributed by atoms with Crippen molar-refractivity contribution in [2.24, 2.45) is 5.14 Å². The average molecular weight is 356 g/mol. The van der Waals surface area contributed by atoms with Crippen LogP contribution in [0, 0.1) is 0 Å². The van der Waals surface area contributed by atoms with E-state index in [1.54, 1.807) is 0 Å². The molecule has 1 aromatic carbocycles. The van der Waals surface area contributed by atoms with Gasteiger partial charge in [-0.2, -0.15) is 0 Å². The predicted molar refractivity (Wildman–Crippen MR) is 96.1 cm³/mol. The van der Waals surface area contributed by atoms with Crippen molar-refractivity contribution in [2.75, 3.05) is 6.54 Å². The van der Waals surface area contributed by atoms with Gasteiger partial charge in [-0.15, -0.1) is 0 Å². The van der Waals surface area contributed by atoms with E-state index in [1.807, 2.05) is 6.92 Å². The Morgan fingerprint density at radius 3 is 2.21 bits per heavy atom. The first-order valence-electron chi connectivity index (χ1n) is 8.48. The fourth-order valence-electron chi connectivity index (χ4n) is 2.60. The first kappa shape index (κ1) is 20.6. The van der Waals surface area contributed by atoms with E-state index < -0.39 is 15.7 Å². The summed E-state index contributed by atoms with van der Waals surface area (Å²) in [6, 6.07) is 5.66. The first-order chi connectivity index (χ1) is 11.3. The van der Waals surface area contributed by atoms with Gasteiger partial charge in [-0.25, -0.2) is 13.6 Å². The number of amides is 1. The number of unbranched alkanes of at least 4 members (excludes halogenated alkanes) is 1. The molecule has 4 N–H and O–H groups in total. The summed E-state index contributed by atoms with van der Waals surface area (Å²) in [6.45, 7) is 7.09. The van der Waals surface area contributed by atoms with E-state index in [2.05, 4.69) is 24.5 Å². The number of benzene rings is 1. The fraction of sp³-hybridized carbons (Fsp3) is 0.588. The second-order valence-electron chi connectivity index (χ2n) is 5.99. The smallest absolute Gasteiger partial charge is 0.252 e. The minimum atomic E-state index is -3.75. The van der Waals surface area contributed by atoms with Crippen LogP contribution in [0.2, 0.25) is 0 Å². The monoisotopic (exact) mass is 355 g/mol. The number of hydrogen-bond donors (Lipinski definition) is 3. The number of primary sulfonamides is 1. The molecule has 0 aliphatic heterocycles. The SMILES string of the molecule is CCCCNC(CC)(CCC)NC(=O)c1ccc(S(N)(=O)=O)cc1. The van der Waals surface area contributed by atoms with Crippen LogP contribution >= 0.6 is 0 Å². The Hall–Kier alpha value is -1.44. The number of nitrogens with one attached hydrogen (secondary N) is 2. The van der Waals surface area contributed by atoms with Gasteiger partial charge in [-0.3, -0.25) is 10.1 Å². The van der Waals surface area contributed by atoms with Crippen molar-refractivity contribution in [1.29, 1.82) is 0 Å². The van der Waals surface area contributed by atoms with Gasteiger partial charge in [0, 0.05) is 5.56 Å². The minimum absolute atomic E-state index is 0.00423. The summed E-state index contributed by atoms with van der Waals surface area (Å²) in [5, 5.41) is 11.6. The quantitative estimate of drug-likeness (QED) is 0.443. The minimum Gasteiger partial charge on any atom is -0.334 e. The maximum absolute atomic E-state index is 12.6. The van der Waals surface area contributed by atoms with Crippen LogP contribution in [0.3, 0.4) is 0 Å². The summed E-state index contributed by atoms with van der Waals surface area (Å²) in [5.41, 5.74) is -0.0341. The van der Waals surface area contributed by atoms with E-state index in [4.69, 9.17) is 5.14 Å². The Morgan fingerprint density at radius 2 is 1.75 bits per heavy atom. The zero-order valence-electron chi connectivity index (χ0n) is 14.8. The predicted octanol–water partition coefficient (Wildman–Crippen LogP) is 2.36. The molecular weight excluding hydrogens is 326 g/mol. The van der Waals surface area contributed by atoms with Crippen LogP contribution in [-0.2, 0) is 10.0 Å². The van der Waals surface area contributed by atoms with Crippen LogP contribution in [-0.4, -0.2) is 26.5 Å². The number of carbonyl (C=O) groups is 1. The van der Waals surface area contributed by atoms with Crippen molar-refractivity contribution in [3.05, 3.63) is 29.8 Å². The molecule has 6 nitrogen and oxygen atoms in total. The fourth-order valence-corrected chi connectivity index (χ4v) is 3.12. The normalized spacial score (nSPS) is 14.2. The maximum atomic E-state index is 12.6. The molecule has 0 aliphatic rings. The molecule has 0 bridgehead atoms. The summed E-state index contributed by atoms with van der Waals surface area (Å²) < 4.78 is 22.6. The van der Waals surface area contributed by atoms with Crippen LogP contribution in [0.25, 0.3) is 0 Å². The van der Waals surface area contributed by atoms with Gasteiger partial charge in [0.1, 0.15) is 0 Å². The lowest BCUT2D eigenvalue weighted by Crippen LogP contribution is -2.58. The molecule has 1 amide bonds. The molecule has 7 heteroatoms. The van der Waals surface area contributed by atoms with E-state index in [9.17, 15) is 13.2 Å². The van der Waals surface area contributed by atoms with Crippen molar-refractivity contribution in [3.8, 4) is 0 Å². The standard InChI is InChI=1S/C17H29N3O3S/c1-4-7-13-19-17(6-3,12-5-2)20-16(21)14-8-10-15(11-9-14)24(18,22)23/h8-11,19H,4-7,12-13H2,1-3H3,(H,20,21)(H2,18,22,23). The van der Waals surface area contributed by atoms with Crippen LogP contribution < -0.4 is 15.8 Å². The highest BCUT2D eigenvalue weighted by atomic mass is 32.2. The molecule has 1 unspecified atom stereocenters. The largest absolute Gasteiger partial charge is 0.334 e. The van der Waals surface area contributed by atoms with Gasteiger partial charge in [0.25, 0.3) is 5.91 Å². The second kappa shape index (κ2) is 9.15. The Morgan fingerprint density at radius 1 is 1.12 bits per heavy atom. The Labute approximate surface area is 145 Å². The van der Waals surface area contributed by atoms with Gasteiger partial charge in [0.2, 0.25) is 10.0 Å². The van der Waals surface area contributed by atoms with E-state index in [0.29, 0.717) is 5.56 Å². The van der Waals surface area contributed by atoms with Crippen molar-refractivity contribution in [1.82, 2.24) is 10.6 Å². The highest BCUT2D eigenvalue weighted by molar-refractivity contribution is 7.89. The molecule has 1 atom stereocenters. The zero-order chi connectivity index (χ0) is 18.2. The molecular formula is C17H29N3O3S. The molecule has 0 saturated carbocycles. The Kier molecular flexibility index (Phi) is 7.86. The van der Waals surface area contributed by atoms with Gasteiger partial charge in [-0.1, -0.05) is 33.6 Å². The lowest BCUT2D eigenvalue weighted by Gasteiger charge is -2.35. The number of carbonyl (C=O) groups excluding carboxylic acids is 1. The molecule has 0 fully saturated rings. The average Bonchev–Trinajstić information content (AvgIpc) is 2.54. The molecule has 1 aromatic rings. The number of nitrogens with two attached hydrogens (primary N) is 1. The third-order valence-electron chi connectivity index (χ3n) is 4.07. The highest BCUT2D eigenvalue weighted by Gasteiger charge is 2.28. The van der Waals surface area contributed by atoms with Crippen LogP contribution in [0.5, 0.6) is 0 Å². The van der Waals surface area contributed by atoms with Crippen LogP contribution in [0.1, 0.15) is 63.2 Å². The topological polar surface area (TPSA) is 101 Å². The first-order valence-corrected chi connectivity index (χ1v) is 10.0. The summed E-state index contributed by atoms with van der Waals surface area (Å²) >= 11 is 0. The van der Waals surface area contributed by atoms with Gasteiger partial charge in [0.15, 0.2) is 0 Å². The second-order valence-corrected chi connectivity index (χ2v) is 7.55. The number of rotatable bonds is 10. The highest BCUT2D eigenvalue weighted by Crippen LogP contribution is 2.16. The third kappa shape index (κ3) is 5.89. The van der Waals surface area contributed by atoms with E-state index in [-0.39, 0.29) is 10.8 Å². The summed E-state index contributed by atoms with van der Waals surface area (Å²) in [5.74, 6) is -0.227. The number of sulfonamides is 1. The molecule has 0 heterocycles. The van der Waals surface area contributed by atoms with Crippen molar-refractivity contribution < 1.29 is 13.2 Å². The lowest BCUT2D eigenvalue weighted by molar-refractivity contribution is 0.0859. The molecule has 1 rings (SSSR count). The molecule has 0 radical (unpaired) electrons. The Balaban J connectivity index is 2.90. The van der Waals surface area contributed by atoms with E-state index in [0.717, 1.165) is 38.6 Å². The van der Waals surface area contributed by atoms with Crippen molar-refractivity contribution in [2.45, 2.75) is 63.4 Å². The number of hydrogen-bond acceptors (Lipinski definition) is 4. The molecule has 0 aliphatic carbocycles. The van der Waals surface area contributed by atoms with Gasteiger partial charge in [0.05, 0.1) is 10.6 Å². The summed E-state index contributed by atoms with van der Waals surface area (Å²) in [7, 11) is -3.75. The van der Waals surface area contributed by atoms with Crippen molar-refractivity contribution in [3.63, 3.8) is 0 Å². The zero-order valence-corrected chi connectivity index (χ0v) is 15.6. The molecule has 0 saturated heterocycles. The summed E-state index contributed by atoms with van der Waals surface area (Å²) in [6.07, 6.45) is 4.67. The molecule has 136 valence electrons. The lowest BCUT2D eigenvalue weighted by atomic mass is 9.99. The third-order valence-corrected chi connectivity index (χ3v) is 5.00. The van der Waals surface area contributed by atoms with Crippen LogP contribution in [0.4, 0.5) is 0 Å². The Bertz CT molecular complexity index is 629. The maximum Gasteiger partial charge on any atom is 0.252 e. The molecule has 0 spiro atoms. The summed E-state index contributed by atoms with van der Waals surface area (Å²) in [4.78, 5) is 12.6. The van der Waals surface area contributed by atoms with Gasteiger partial charge in [-0.05, 0) is 50.1 Å². The van der Waals surface area contributed by atoms with E-state index in [1.165, 1.54) is 24.3 Å². The molecule has 24 heavy (non-hydrogen) atoms. The molecule has 0 aromatic heterocycles. The van der Waals surface area contributed by atoms with Crippen molar-refractivity contribution >= 4 is 15.9 Å². The van der Waals surface area contributed by atoms with E-state index >= 15 is 0 Å². The van der Waals surface area contributed by atoms with Gasteiger partial charge < -0.3 is 5.32 Å².